The zero-order valence-electron chi connectivity index (χ0n) is 12.4. The maximum Gasteiger partial charge on any atom is 0.250 e. The molecule has 2 rings (SSSR count). The SMILES string of the molecule is COCCn1cc(NC(=O)CC2CCCNC2)ccc1=O. The third-order valence-electron chi connectivity index (χ3n) is 3.68. The second kappa shape index (κ2) is 7.95. The van der Waals surface area contributed by atoms with Gasteiger partial charge in [0.1, 0.15) is 0 Å². The van der Waals surface area contributed by atoms with E-state index in [0.717, 1.165) is 25.9 Å². The maximum absolute atomic E-state index is 12.0. The zero-order chi connectivity index (χ0) is 15.1. The molecule has 1 atom stereocenters. The second-order valence-electron chi connectivity index (χ2n) is 5.41. The van der Waals surface area contributed by atoms with Crippen molar-refractivity contribution in [3.8, 4) is 0 Å². The van der Waals surface area contributed by atoms with Gasteiger partial charge in [0, 0.05) is 32.3 Å². The Labute approximate surface area is 124 Å². The Hall–Kier alpha value is -1.66. The number of pyridine rings is 1. The van der Waals surface area contributed by atoms with Crippen LogP contribution >= 0.6 is 0 Å². The summed E-state index contributed by atoms with van der Waals surface area (Å²) in [4.78, 5) is 23.7. The van der Waals surface area contributed by atoms with Crippen LogP contribution in [0.5, 0.6) is 0 Å². The molecule has 0 aliphatic carbocycles. The lowest BCUT2D eigenvalue weighted by Gasteiger charge is -2.22. The molecular weight excluding hydrogens is 270 g/mol. The summed E-state index contributed by atoms with van der Waals surface area (Å²) in [6.45, 7) is 2.89. The first-order chi connectivity index (χ1) is 10.2. The predicted molar refractivity (Wildman–Crippen MR) is 81.4 cm³/mol. The zero-order valence-corrected chi connectivity index (χ0v) is 12.4. The average molecular weight is 293 g/mol. The molecule has 1 aromatic rings. The minimum Gasteiger partial charge on any atom is -0.383 e. The van der Waals surface area contributed by atoms with Crippen LogP contribution in [0.25, 0.3) is 0 Å². The number of hydrogen-bond acceptors (Lipinski definition) is 4. The van der Waals surface area contributed by atoms with E-state index in [-0.39, 0.29) is 11.5 Å². The first-order valence-corrected chi connectivity index (χ1v) is 7.39. The molecule has 116 valence electrons. The van der Waals surface area contributed by atoms with E-state index >= 15 is 0 Å². The number of ether oxygens (including phenoxy) is 1. The normalized spacial score (nSPS) is 18.4. The molecule has 1 saturated heterocycles. The molecule has 0 bridgehead atoms. The number of amides is 1. The number of nitrogens with zero attached hydrogens (tertiary/aromatic N) is 1. The Morgan fingerprint density at radius 3 is 3.10 bits per heavy atom. The van der Waals surface area contributed by atoms with Crippen LogP contribution in [-0.4, -0.2) is 37.3 Å². The molecule has 1 fully saturated rings. The molecule has 2 heterocycles. The lowest BCUT2D eigenvalue weighted by Crippen LogP contribution is -2.32. The first kappa shape index (κ1) is 15.7. The number of aromatic nitrogens is 1. The van der Waals surface area contributed by atoms with Crippen LogP contribution in [-0.2, 0) is 16.1 Å². The Balaban J connectivity index is 1.92. The highest BCUT2D eigenvalue weighted by molar-refractivity contribution is 5.90. The van der Waals surface area contributed by atoms with Crippen molar-refractivity contribution in [1.29, 1.82) is 0 Å². The van der Waals surface area contributed by atoms with Crippen LogP contribution in [0.1, 0.15) is 19.3 Å². The third-order valence-corrected chi connectivity index (χ3v) is 3.68. The Bertz CT molecular complexity index is 521. The summed E-state index contributed by atoms with van der Waals surface area (Å²) < 4.78 is 6.51. The van der Waals surface area contributed by atoms with Crippen molar-refractivity contribution in [3.05, 3.63) is 28.7 Å². The predicted octanol–water partition coefficient (Wildman–Crippen LogP) is 0.823. The van der Waals surface area contributed by atoms with Gasteiger partial charge in [0.25, 0.3) is 5.56 Å². The standard InChI is InChI=1S/C15H23N3O3/c1-21-8-7-18-11-13(4-5-15(18)20)17-14(19)9-12-3-2-6-16-10-12/h4-5,11-12,16H,2-3,6-10H2,1H3,(H,17,19). The van der Waals surface area contributed by atoms with Gasteiger partial charge in [0.15, 0.2) is 0 Å². The van der Waals surface area contributed by atoms with Gasteiger partial charge in [0.05, 0.1) is 12.3 Å². The van der Waals surface area contributed by atoms with Crippen LogP contribution in [0, 0.1) is 5.92 Å². The fourth-order valence-electron chi connectivity index (χ4n) is 2.54. The largest absolute Gasteiger partial charge is 0.383 e. The molecule has 0 aromatic carbocycles. The van der Waals surface area contributed by atoms with Crippen LogP contribution < -0.4 is 16.2 Å². The minimum atomic E-state index is -0.0958. The lowest BCUT2D eigenvalue weighted by molar-refractivity contribution is -0.117. The molecule has 1 aliphatic heterocycles. The quantitative estimate of drug-likeness (QED) is 0.814. The van der Waals surface area contributed by atoms with E-state index in [4.69, 9.17) is 4.74 Å². The molecule has 6 heteroatoms. The highest BCUT2D eigenvalue weighted by atomic mass is 16.5. The summed E-state index contributed by atoms with van der Waals surface area (Å²) in [5, 5.41) is 6.17. The van der Waals surface area contributed by atoms with Crippen molar-refractivity contribution in [2.45, 2.75) is 25.8 Å². The van der Waals surface area contributed by atoms with Crippen molar-refractivity contribution in [2.75, 3.05) is 32.1 Å². The van der Waals surface area contributed by atoms with Gasteiger partial charge in [-0.1, -0.05) is 0 Å². The number of nitrogens with one attached hydrogen (secondary N) is 2. The van der Waals surface area contributed by atoms with Gasteiger partial charge in [0.2, 0.25) is 5.91 Å². The Kier molecular flexibility index (Phi) is 5.95. The molecule has 1 aromatic heterocycles. The van der Waals surface area contributed by atoms with Gasteiger partial charge >= 0.3 is 0 Å². The number of rotatable bonds is 6. The average Bonchev–Trinajstić information content (AvgIpc) is 2.48. The summed E-state index contributed by atoms with van der Waals surface area (Å²) in [6.07, 6.45) is 4.40. The number of anilines is 1. The Morgan fingerprint density at radius 1 is 1.52 bits per heavy atom. The van der Waals surface area contributed by atoms with Crippen LogP contribution in [0.3, 0.4) is 0 Å². The second-order valence-corrected chi connectivity index (χ2v) is 5.41. The lowest BCUT2D eigenvalue weighted by atomic mass is 9.96. The highest BCUT2D eigenvalue weighted by Crippen LogP contribution is 2.15. The molecule has 0 spiro atoms. The monoisotopic (exact) mass is 293 g/mol. The summed E-state index contributed by atoms with van der Waals surface area (Å²) in [5.74, 6) is 0.402. The smallest absolute Gasteiger partial charge is 0.250 e. The van der Waals surface area contributed by atoms with E-state index in [1.807, 2.05) is 0 Å². The van der Waals surface area contributed by atoms with Crippen LogP contribution in [0.4, 0.5) is 5.69 Å². The number of methoxy groups -OCH3 is 1. The van der Waals surface area contributed by atoms with E-state index in [2.05, 4.69) is 10.6 Å². The number of carbonyl (C=O) groups excluding carboxylic acids is 1. The summed E-state index contributed by atoms with van der Waals surface area (Å²) in [7, 11) is 1.59. The van der Waals surface area contributed by atoms with Crippen molar-refractivity contribution in [3.63, 3.8) is 0 Å². The summed E-state index contributed by atoms with van der Waals surface area (Å²) >= 11 is 0. The Morgan fingerprint density at radius 2 is 2.38 bits per heavy atom. The van der Waals surface area contributed by atoms with Gasteiger partial charge < -0.3 is 19.9 Å². The fraction of sp³-hybridized carbons (Fsp3) is 0.600. The molecule has 1 aliphatic rings. The topological polar surface area (TPSA) is 72.4 Å². The van der Waals surface area contributed by atoms with Crippen molar-refractivity contribution < 1.29 is 9.53 Å². The molecule has 6 nitrogen and oxygen atoms in total. The molecule has 21 heavy (non-hydrogen) atoms. The molecule has 2 N–H and O–H groups in total. The molecule has 0 saturated carbocycles. The first-order valence-electron chi connectivity index (χ1n) is 7.39. The van der Waals surface area contributed by atoms with Gasteiger partial charge in [-0.25, -0.2) is 0 Å². The maximum atomic E-state index is 12.0. The van der Waals surface area contributed by atoms with Gasteiger partial charge in [-0.05, 0) is 37.9 Å². The van der Waals surface area contributed by atoms with Crippen molar-refractivity contribution in [1.82, 2.24) is 9.88 Å². The minimum absolute atomic E-state index is 0.000593. The fourth-order valence-corrected chi connectivity index (χ4v) is 2.54. The summed E-state index contributed by atoms with van der Waals surface area (Å²) in [5.41, 5.74) is 0.556. The number of hydrogen-bond donors (Lipinski definition) is 2. The van der Waals surface area contributed by atoms with Gasteiger partial charge in [-0.2, -0.15) is 0 Å². The number of piperidine rings is 1. The molecular formula is C15H23N3O3. The third kappa shape index (κ3) is 4.99. The molecule has 1 unspecified atom stereocenters. The van der Waals surface area contributed by atoms with E-state index in [1.165, 1.54) is 6.07 Å². The molecule has 0 radical (unpaired) electrons. The van der Waals surface area contributed by atoms with E-state index in [1.54, 1.807) is 23.9 Å². The van der Waals surface area contributed by atoms with Crippen LogP contribution in [0.2, 0.25) is 0 Å². The van der Waals surface area contributed by atoms with E-state index < -0.39 is 0 Å². The van der Waals surface area contributed by atoms with Crippen LogP contribution in [0.15, 0.2) is 23.1 Å². The molecule has 1 amide bonds. The van der Waals surface area contributed by atoms with Gasteiger partial charge in [-0.3, -0.25) is 9.59 Å². The van der Waals surface area contributed by atoms with E-state index in [0.29, 0.717) is 31.2 Å². The van der Waals surface area contributed by atoms with E-state index in [9.17, 15) is 9.59 Å². The van der Waals surface area contributed by atoms with Crippen molar-refractivity contribution in [2.24, 2.45) is 5.92 Å². The van der Waals surface area contributed by atoms with Gasteiger partial charge in [-0.15, -0.1) is 0 Å². The number of carbonyl (C=O) groups is 1. The highest BCUT2D eigenvalue weighted by Gasteiger charge is 2.16. The van der Waals surface area contributed by atoms with Crippen molar-refractivity contribution >= 4 is 11.6 Å². The summed E-state index contributed by atoms with van der Waals surface area (Å²) in [6, 6.07) is 3.11.